The number of thiophene rings is 1. The first kappa shape index (κ1) is 14.3. The molecule has 3 nitrogen and oxygen atoms in total. The quantitative estimate of drug-likeness (QED) is 0.855. The molecule has 5 heteroatoms. The van der Waals surface area contributed by atoms with E-state index in [2.05, 4.69) is 0 Å². The Morgan fingerprint density at radius 3 is 2.65 bits per heavy atom. The molecular weight excluding hydrogens is 277 g/mol. The van der Waals surface area contributed by atoms with E-state index < -0.39 is 5.97 Å². The van der Waals surface area contributed by atoms with Gasteiger partial charge in [0.25, 0.3) is 0 Å². The van der Waals surface area contributed by atoms with Crippen molar-refractivity contribution in [2.45, 2.75) is 6.54 Å². The Morgan fingerprint density at radius 1 is 1.30 bits per heavy atom. The molecule has 2 rings (SSSR count). The third-order valence-electron chi connectivity index (χ3n) is 2.73. The fraction of sp³-hybridized carbons (Fsp3) is 0.133. The van der Waals surface area contributed by atoms with Gasteiger partial charge in [-0.05, 0) is 42.5 Å². The molecule has 104 valence electrons. The van der Waals surface area contributed by atoms with Crippen LogP contribution in [-0.4, -0.2) is 18.1 Å². The monoisotopic (exact) mass is 291 g/mol. The number of carbonyl (C=O) groups is 1. The maximum Gasteiger partial charge on any atom is 0.328 e. The van der Waals surface area contributed by atoms with Crippen molar-refractivity contribution in [2.24, 2.45) is 0 Å². The maximum atomic E-state index is 12.9. The van der Waals surface area contributed by atoms with E-state index in [0.29, 0.717) is 6.54 Å². The summed E-state index contributed by atoms with van der Waals surface area (Å²) in [6, 6.07) is 10.2. The minimum atomic E-state index is -0.955. The second-order valence-corrected chi connectivity index (χ2v) is 5.51. The summed E-state index contributed by atoms with van der Waals surface area (Å²) in [6.45, 7) is 0.692. The Kier molecular flexibility index (Phi) is 4.53. The lowest BCUT2D eigenvalue weighted by Gasteiger charge is -2.18. The molecule has 2 aromatic rings. The van der Waals surface area contributed by atoms with Gasteiger partial charge in [0.2, 0.25) is 0 Å². The number of hydrogen-bond donors (Lipinski definition) is 1. The number of aliphatic carboxylic acids is 1. The van der Waals surface area contributed by atoms with Gasteiger partial charge in [-0.25, -0.2) is 9.18 Å². The summed E-state index contributed by atoms with van der Waals surface area (Å²) >= 11 is 1.54. The Bertz CT molecular complexity index is 619. The Morgan fingerprint density at radius 2 is 2.00 bits per heavy atom. The molecule has 1 N–H and O–H groups in total. The third-order valence-corrected chi connectivity index (χ3v) is 3.77. The molecule has 0 amide bonds. The number of hydrogen-bond acceptors (Lipinski definition) is 3. The van der Waals surface area contributed by atoms with Crippen molar-refractivity contribution in [3.63, 3.8) is 0 Å². The molecule has 0 spiro atoms. The van der Waals surface area contributed by atoms with Gasteiger partial charge in [0.05, 0.1) is 6.54 Å². The lowest BCUT2D eigenvalue weighted by Crippen LogP contribution is -2.15. The number of nitrogens with zero attached hydrogens (tertiary/aromatic N) is 1. The van der Waals surface area contributed by atoms with Gasteiger partial charge in [0.1, 0.15) is 5.82 Å². The molecule has 0 aliphatic rings. The summed E-state index contributed by atoms with van der Waals surface area (Å²) < 4.78 is 12.9. The van der Waals surface area contributed by atoms with Crippen LogP contribution in [0, 0.1) is 5.82 Å². The number of carboxylic acids is 1. The van der Waals surface area contributed by atoms with Crippen LogP contribution in [-0.2, 0) is 11.3 Å². The minimum Gasteiger partial charge on any atom is -0.478 e. The molecule has 0 saturated heterocycles. The molecule has 0 bridgehead atoms. The van der Waals surface area contributed by atoms with E-state index in [9.17, 15) is 9.18 Å². The van der Waals surface area contributed by atoms with E-state index in [4.69, 9.17) is 5.11 Å². The van der Waals surface area contributed by atoms with Gasteiger partial charge >= 0.3 is 5.97 Å². The zero-order valence-corrected chi connectivity index (χ0v) is 11.7. The topological polar surface area (TPSA) is 40.5 Å². The van der Waals surface area contributed by atoms with Crippen LogP contribution in [0.2, 0.25) is 0 Å². The van der Waals surface area contributed by atoms with Crippen molar-refractivity contribution in [2.75, 3.05) is 11.9 Å². The van der Waals surface area contributed by atoms with Crippen molar-refractivity contribution in [1.29, 1.82) is 0 Å². The van der Waals surface area contributed by atoms with Gasteiger partial charge in [0.15, 0.2) is 0 Å². The summed E-state index contributed by atoms with van der Waals surface area (Å²) in [5.41, 5.74) is 0.933. The van der Waals surface area contributed by atoms with Crippen molar-refractivity contribution in [3.05, 3.63) is 58.0 Å². The van der Waals surface area contributed by atoms with E-state index in [1.165, 1.54) is 23.5 Å². The number of halogens is 1. The van der Waals surface area contributed by atoms with Crippen LogP contribution in [0.15, 0.2) is 42.5 Å². The highest BCUT2D eigenvalue weighted by molar-refractivity contribution is 7.12. The molecule has 0 saturated carbocycles. The van der Waals surface area contributed by atoms with Crippen LogP contribution in [0.4, 0.5) is 10.1 Å². The van der Waals surface area contributed by atoms with Gasteiger partial charge in [-0.15, -0.1) is 11.3 Å². The molecule has 0 atom stereocenters. The van der Waals surface area contributed by atoms with Crippen LogP contribution in [0.3, 0.4) is 0 Å². The number of carboxylic acid groups (broad SMARTS) is 1. The van der Waals surface area contributed by atoms with Crippen LogP contribution in [0.5, 0.6) is 0 Å². The van der Waals surface area contributed by atoms with E-state index in [1.807, 2.05) is 24.1 Å². The first-order valence-electron chi connectivity index (χ1n) is 6.01. The highest BCUT2D eigenvalue weighted by atomic mass is 32.1. The Hall–Kier alpha value is -2.14. The van der Waals surface area contributed by atoms with Crippen molar-refractivity contribution in [3.8, 4) is 0 Å². The lowest BCUT2D eigenvalue weighted by molar-refractivity contribution is -0.131. The molecule has 1 heterocycles. The van der Waals surface area contributed by atoms with Crippen LogP contribution in [0.1, 0.15) is 9.75 Å². The van der Waals surface area contributed by atoms with Crippen molar-refractivity contribution >= 4 is 29.1 Å². The minimum absolute atomic E-state index is 0.251. The van der Waals surface area contributed by atoms with E-state index in [1.54, 1.807) is 18.2 Å². The van der Waals surface area contributed by atoms with Gasteiger partial charge in [0, 0.05) is 28.6 Å². The third kappa shape index (κ3) is 3.93. The summed E-state index contributed by atoms with van der Waals surface area (Å²) in [5.74, 6) is -1.21. The molecular formula is C15H14FNO2S. The van der Waals surface area contributed by atoms with Gasteiger partial charge in [-0.2, -0.15) is 0 Å². The lowest BCUT2D eigenvalue weighted by atomic mass is 10.3. The molecule has 0 aliphatic carbocycles. The van der Waals surface area contributed by atoms with Crippen molar-refractivity contribution in [1.82, 2.24) is 0 Å². The standard InChI is InChI=1S/C15H14FNO2S/c1-17(12-4-2-11(16)3-5-12)10-14-7-6-13(20-14)8-9-15(18)19/h2-9H,10H2,1H3,(H,18,19). The summed E-state index contributed by atoms with van der Waals surface area (Å²) in [7, 11) is 1.93. The van der Waals surface area contributed by atoms with E-state index in [-0.39, 0.29) is 5.82 Å². The normalized spacial score (nSPS) is 10.9. The number of anilines is 1. The zero-order chi connectivity index (χ0) is 14.5. The Labute approximate surface area is 120 Å². The molecule has 0 radical (unpaired) electrons. The SMILES string of the molecule is CN(Cc1ccc(C=CC(=O)O)s1)c1ccc(F)cc1. The molecule has 20 heavy (non-hydrogen) atoms. The van der Waals surface area contributed by atoms with Gasteiger partial charge in [-0.3, -0.25) is 0 Å². The molecule has 0 unspecified atom stereocenters. The smallest absolute Gasteiger partial charge is 0.328 e. The average Bonchev–Trinajstić information content (AvgIpc) is 2.84. The predicted molar refractivity (Wildman–Crippen MR) is 79.5 cm³/mol. The summed E-state index contributed by atoms with van der Waals surface area (Å²) in [5, 5.41) is 8.58. The summed E-state index contributed by atoms with van der Waals surface area (Å²) in [4.78, 5) is 14.5. The van der Waals surface area contributed by atoms with Crippen LogP contribution >= 0.6 is 11.3 Å². The highest BCUT2D eigenvalue weighted by Gasteiger charge is 2.04. The molecule has 0 fully saturated rings. The fourth-order valence-electron chi connectivity index (χ4n) is 1.74. The second kappa shape index (κ2) is 6.34. The molecule has 0 aliphatic heterocycles. The fourth-order valence-corrected chi connectivity index (χ4v) is 2.71. The Balaban J connectivity index is 2.03. The van der Waals surface area contributed by atoms with E-state index >= 15 is 0 Å². The summed E-state index contributed by atoms with van der Waals surface area (Å²) in [6.07, 6.45) is 2.70. The molecule has 1 aromatic heterocycles. The number of benzene rings is 1. The van der Waals surface area contributed by atoms with Gasteiger partial charge in [-0.1, -0.05) is 0 Å². The van der Waals surface area contributed by atoms with Crippen LogP contribution < -0.4 is 4.90 Å². The van der Waals surface area contributed by atoms with E-state index in [0.717, 1.165) is 21.5 Å². The number of rotatable bonds is 5. The average molecular weight is 291 g/mol. The highest BCUT2D eigenvalue weighted by Crippen LogP contribution is 2.22. The largest absolute Gasteiger partial charge is 0.478 e. The molecule has 1 aromatic carbocycles. The van der Waals surface area contributed by atoms with Gasteiger partial charge < -0.3 is 10.0 Å². The first-order chi connectivity index (χ1) is 9.54. The van der Waals surface area contributed by atoms with Crippen molar-refractivity contribution < 1.29 is 14.3 Å². The zero-order valence-electron chi connectivity index (χ0n) is 10.9. The maximum absolute atomic E-state index is 12.9. The second-order valence-electron chi connectivity index (χ2n) is 4.31. The first-order valence-corrected chi connectivity index (χ1v) is 6.82. The predicted octanol–water partition coefficient (Wildman–Crippen LogP) is 3.62. The van der Waals surface area contributed by atoms with Crippen LogP contribution in [0.25, 0.3) is 6.08 Å².